The molecule has 9 rings (SSSR count). The highest BCUT2D eigenvalue weighted by Crippen LogP contribution is 2.68. The molecule has 9 atom stereocenters. The molecule has 0 radical (unpaired) electrons. The van der Waals surface area contributed by atoms with Crippen LogP contribution < -0.4 is 4.90 Å². The van der Waals surface area contributed by atoms with E-state index in [1.165, 1.54) is 62.0 Å². The van der Waals surface area contributed by atoms with E-state index in [0.29, 0.717) is 12.3 Å². The predicted octanol–water partition coefficient (Wildman–Crippen LogP) is 6.55. The van der Waals surface area contributed by atoms with Gasteiger partial charge in [-0.05, 0) is 128 Å². The number of esters is 2. The molecule has 55 heavy (non-hydrogen) atoms. The largest absolute Gasteiger partial charge is 0.467 e. The first-order valence-corrected chi connectivity index (χ1v) is 21.3. The molecule has 1 aliphatic carbocycles. The molecule has 292 valence electrons. The number of carbonyl (C=O) groups excluding carboxylic acids is 2. The lowest BCUT2D eigenvalue weighted by Gasteiger charge is -2.63. The smallest absolute Gasteiger partial charge is 0.344 e. The molecule has 2 N–H and O–H groups in total. The number of ether oxygens (including phenoxy) is 2. The van der Waals surface area contributed by atoms with Crippen LogP contribution in [0.3, 0.4) is 0 Å². The molecule has 6 heterocycles. The van der Waals surface area contributed by atoms with Gasteiger partial charge in [0.1, 0.15) is 0 Å². The third-order valence-electron chi connectivity index (χ3n) is 15.0. The Morgan fingerprint density at radius 3 is 2.64 bits per heavy atom. The molecule has 3 unspecified atom stereocenters. The summed E-state index contributed by atoms with van der Waals surface area (Å²) in [7, 11) is 3.33. The number of benzene rings is 2. The van der Waals surface area contributed by atoms with Crippen LogP contribution in [0.5, 0.6) is 0 Å². The van der Waals surface area contributed by atoms with E-state index in [1.54, 1.807) is 0 Å². The van der Waals surface area contributed by atoms with E-state index in [4.69, 9.17) is 9.47 Å². The molecule has 1 aromatic heterocycles. The summed E-state index contributed by atoms with van der Waals surface area (Å²) in [5, 5.41) is 14.6. The van der Waals surface area contributed by atoms with Gasteiger partial charge in [-0.25, -0.2) is 4.79 Å². The SMILES string of the molecule is CCC1=C[C@@H]2CN(CCc3c([nH]c4ccc(I)cc34)[C@@](C)(c3cc4c(cc3C)N(C)C3C(O)(C(=O)OC)[C@H](OC(C)=O)[C@]5(CC)C=CCN6CC[C@]43[C@@H]65)C2)C1. The Morgan fingerprint density at radius 1 is 1.11 bits per heavy atom. The number of aryl methyl sites for hydroxylation is 1. The van der Waals surface area contributed by atoms with Gasteiger partial charge in [0.25, 0.3) is 0 Å². The summed E-state index contributed by atoms with van der Waals surface area (Å²) < 4.78 is 12.9. The minimum Gasteiger partial charge on any atom is -0.467 e. The average Bonchev–Trinajstić information content (AvgIpc) is 3.82. The van der Waals surface area contributed by atoms with E-state index < -0.39 is 40.5 Å². The number of aliphatic hydroxyl groups is 1. The number of anilines is 1. The lowest BCUT2D eigenvalue weighted by molar-refractivity contribution is -0.228. The number of nitrogens with zero attached hydrogens (tertiary/aromatic N) is 3. The first-order chi connectivity index (χ1) is 26.3. The Labute approximate surface area is 338 Å². The number of methoxy groups -OCH3 is 1. The fourth-order valence-corrected chi connectivity index (χ4v) is 13.5. The number of rotatable bonds is 5. The van der Waals surface area contributed by atoms with Crippen LogP contribution in [0.15, 0.2) is 54.1 Å². The number of fused-ring (bicyclic) bond motifs is 6. The second kappa shape index (κ2) is 12.9. The molecule has 2 fully saturated rings. The number of hydrogen-bond acceptors (Lipinski definition) is 8. The van der Waals surface area contributed by atoms with Crippen LogP contribution in [0, 0.1) is 21.8 Å². The standard InChI is InChI=1S/C45H55IN4O5/c1-8-28-20-29-23-42(5,37-31(13-17-49(24-28)25-29)32-21-30(46)11-12-35(32)47-37)33-22-34-36(19-26(33)3)48(6)39-44(34)15-18-50-16-10-14-43(9-2,38(44)50)40(55-27(4)51)45(39,53)41(52)54-7/h10-12,14,19-22,29,38-40,47,53H,8-9,13,15-18,23-25H2,1-7H3/t29-,38-,39?,40+,42+,43+,44+,45?/m0/s1. The lowest BCUT2D eigenvalue weighted by atomic mass is 9.47. The molecule has 6 aliphatic rings. The molecule has 10 heteroatoms. The van der Waals surface area contributed by atoms with Crippen molar-refractivity contribution < 1.29 is 24.2 Å². The van der Waals surface area contributed by atoms with Crippen molar-refractivity contribution in [3.63, 3.8) is 0 Å². The van der Waals surface area contributed by atoms with Crippen LogP contribution in [0.4, 0.5) is 5.69 Å². The van der Waals surface area contributed by atoms with Gasteiger partial charge in [-0.15, -0.1) is 0 Å². The first-order valence-electron chi connectivity index (χ1n) is 20.3. The van der Waals surface area contributed by atoms with Gasteiger partial charge in [-0.3, -0.25) is 14.6 Å². The van der Waals surface area contributed by atoms with Crippen LogP contribution in [0.2, 0.25) is 0 Å². The summed E-state index contributed by atoms with van der Waals surface area (Å²) in [4.78, 5) is 38.6. The van der Waals surface area contributed by atoms with Gasteiger partial charge in [0.15, 0.2) is 6.10 Å². The number of hydrogen-bond donors (Lipinski definition) is 2. The van der Waals surface area contributed by atoms with Crippen LogP contribution in [0.25, 0.3) is 10.9 Å². The maximum Gasteiger partial charge on any atom is 0.344 e. The molecule has 0 amide bonds. The minimum absolute atomic E-state index is 0.116. The third kappa shape index (κ3) is 4.99. The van der Waals surface area contributed by atoms with Crippen LogP contribution >= 0.6 is 22.6 Å². The topological polar surface area (TPSA) is 98.3 Å². The lowest BCUT2D eigenvalue weighted by Crippen LogP contribution is -2.81. The van der Waals surface area contributed by atoms with E-state index in [0.717, 1.165) is 64.1 Å². The number of H-pyrrole nitrogens is 1. The van der Waals surface area contributed by atoms with Gasteiger partial charge in [0.2, 0.25) is 5.60 Å². The second-order valence-corrected chi connectivity index (χ2v) is 18.9. The summed E-state index contributed by atoms with van der Waals surface area (Å²) in [6.45, 7) is 15.1. The molecule has 1 saturated carbocycles. The quantitative estimate of drug-likeness (QED) is 0.170. The third-order valence-corrected chi connectivity index (χ3v) is 15.6. The molecule has 3 aromatic rings. The van der Waals surface area contributed by atoms with Crippen molar-refractivity contribution in [3.05, 3.63) is 85.7 Å². The minimum atomic E-state index is -2.14. The highest BCUT2D eigenvalue weighted by atomic mass is 127. The summed E-state index contributed by atoms with van der Waals surface area (Å²) in [5.74, 6) is -0.899. The zero-order valence-electron chi connectivity index (χ0n) is 33.3. The van der Waals surface area contributed by atoms with Crippen molar-refractivity contribution in [2.24, 2.45) is 11.3 Å². The van der Waals surface area contributed by atoms with Crippen molar-refractivity contribution in [2.45, 2.75) is 101 Å². The number of halogens is 1. The predicted molar refractivity (Wildman–Crippen MR) is 224 cm³/mol. The van der Waals surface area contributed by atoms with Crippen molar-refractivity contribution in [2.75, 3.05) is 51.8 Å². The highest BCUT2D eigenvalue weighted by molar-refractivity contribution is 14.1. The molecule has 1 saturated heterocycles. The normalized spacial score (nSPS) is 36.2. The molecule has 1 spiro atoms. The van der Waals surface area contributed by atoms with E-state index in [-0.39, 0.29) is 11.5 Å². The molecule has 2 aromatic carbocycles. The maximum atomic E-state index is 14.3. The fourth-order valence-electron chi connectivity index (χ4n) is 13.0. The Kier molecular flexibility index (Phi) is 8.78. The van der Waals surface area contributed by atoms with Gasteiger partial charge in [-0.1, -0.05) is 43.7 Å². The second-order valence-electron chi connectivity index (χ2n) is 17.7. The van der Waals surface area contributed by atoms with E-state index in [2.05, 4.69) is 119 Å². The zero-order valence-corrected chi connectivity index (χ0v) is 35.5. The van der Waals surface area contributed by atoms with Crippen molar-refractivity contribution in [1.82, 2.24) is 14.8 Å². The van der Waals surface area contributed by atoms with Gasteiger partial charge < -0.3 is 24.5 Å². The number of aromatic nitrogens is 1. The maximum absolute atomic E-state index is 14.3. The van der Waals surface area contributed by atoms with Gasteiger partial charge in [0.05, 0.1) is 13.2 Å². The van der Waals surface area contributed by atoms with E-state index >= 15 is 0 Å². The monoisotopic (exact) mass is 858 g/mol. The Bertz CT molecular complexity index is 2180. The fraction of sp³-hybridized carbons (Fsp3) is 0.556. The van der Waals surface area contributed by atoms with Crippen LogP contribution in [0.1, 0.15) is 81.3 Å². The molecule has 5 aliphatic heterocycles. The van der Waals surface area contributed by atoms with Crippen molar-refractivity contribution in [3.8, 4) is 0 Å². The summed E-state index contributed by atoms with van der Waals surface area (Å²) in [5.41, 5.74) is 6.09. The van der Waals surface area contributed by atoms with Crippen molar-refractivity contribution >= 4 is 51.1 Å². The molecule has 9 nitrogen and oxygen atoms in total. The Hall–Kier alpha value is -3.19. The number of nitrogens with one attached hydrogen (secondary N) is 1. The Morgan fingerprint density at radius 2 is 1.91 bits per heavy atom. The average molecular weight is 859 g/mol. The van der Waals surface area contributed by atoms with Crippen LogP contribution in [-0.2, 0) is 36.3 Å². The summed E-state index contributed by atoms with van der Waals surface area (Å²) in [6, 6.07) is 10.7. The number of aromatic amines is 1. The summed E-state index contributed by atoms with van der Waals surface area (Å²) in [6.07, 6.45) is 10.0. The van der Waals surface area contributed by atoms with E-state index in [9.17, 15) is 14.7 Å². The highest BCUT2D eigenvalue weighted by Gasteiger charge is 2.80. The first kappa shape index (κ1) is 37.4. The zero-order chi connectivity index (χ0) is 38.8. The van der Waals surface area contributed by atoms with Gasteiger partial charge >= 0.3 is 11.9 Å². The Balaban J connectivity index is 1.31. The van der Waals surface area contributed by atoms with Gasteiger partial charge in [0, 0.05) is 88.3 Å². The number of likely N-dealkylation sites (N-methyl/N-ethyl adjacent to an activating group) is 1. The van der Waals surface area contributed by atoms with Crippen LogP contribution in [-0.4, -0.2) is 102 Å². The van der Waals surface area contributed by atoms with Gasteiger partial charge in [-0.2, -0.15) is 0 Å². The number of carbonyl (C=O) groups is 2. The van der Waals surface area contributed by atoms with Crippen molar-refractivity contribution in [1.29, 1.82) is 0 Å². The van der Waals surface area contributed by atoms with E-state index in [1.807, 2.05) is 7.05 Å². The molecular weight excluding hydrogens is 803 g/mol. The molecule has 2 bridgehead atoms. The summed E-state index contributed by atoms with van der Waals surface area (Å²) >= 11 is 2.44. The molecular formula is C45H55IN4O5.